The van der Waals surface area contributed by atoms with Crippen LogP contribution < -0.4 is 14.4 Å². The molecule has 0 unspecified atom stereocenters. The van der Waals surface area contributed by atoms with Crippen LogP contribution in [0.5, 0.6) is 11.6 Å². The second-order valence-electron chi connectivity index (χ2n) is 7.07. The van der Waals surface area contributed by atoms with Crippen molar-refractivity contribution in [2.45, 2.75) is 12.8 Å². The van der Waals surface area contributed by atoms with E-state index in [4.69, 9.17) is 9.47 Å². The second-order valence-corrected chi connectivity index (χ2v) is 7.07. The lowest BCUT2D eigenvalue weighted by Gasteiger charge is -2.35. The van der Waals surface area contributed by atoms with E-state index in [2.05, 4.69) is 4.98 Å². The zero-order valence-corrected chi connectivity index (χ0v) is 17.3. The van der Waals surface area contributed by atoms with Crippen LogP contribution in [-0.2, 0) is 0 Å². The van der Waals surface area contributed by atoms with Gasteiger partial charge < -0.3 is 19.5 Å². The number of aromatic nitrogens is 1. The Hall–Kier alpha value is -3.13. The number of ketones is 1. The van der Waals surface area contributed by atoms with Gasteiger partial charge in [0.25, 0.3) is 0 Å². The number of urea groups is 1. The Morgan fingerprint density at radius 1 is 1.10 bits per heavy atom. The molecule has 0 saturated carbocycles. The summed E-state index contributed by atoms with van der Waals surface area (Å²) >= 11 is 0. The molecule has 3 rings (SSSR count). The highest BCUT2D eigenvalue weighted by molar-refractivity contribution is 5.98. The van der Waals surface area contributed by atoms with Crippen molar-refractivity contribution in [3.63, 3.8) is 0 Å². The third-order valence-electron chi connectivity index (χ3n) is 5.31. The highest BCUT2D eigenvalue weighted by Gasteiger charge is 2.30. The van der Waals surface area contributed by atoms with E-state index in [1.54, 1.807) is 54.6 Å². The Balaban J connectivity index is 1.62. The minimum Gasteiger partial charge on any atom is -0.497 e. The van der Waals surface area contributed by atoms with Gasteiger partial charge >= 0.3 is 6.03 Å². The summed E-state index contributed by atoms with van der Waals surface area (Å²) in [7, 11) is 3.11. The molecule has 1 aliphatic heterocycles. The highest BCUT2D eigenvalue weighted by atomic mass is 16.5. The van der Waals surface area contributed by atoms with Gasteiger partial charge in [-0.2, -0.15) is 0 Å². The molecule has 1 N–H and O–H groups in total. The molecular formula is C22H27N3O5. The first kappa shape index (κ1) is 21.6. The summed E-state index contributed by atoms with van der Waals surface area (Å²) in [5.41, 5.74) is 1.25. The number of anilines is 1. The first-order valence-electron chi connectivity index (χ1n) is 9.93. The molecule has 2 amide bonds. The van der Waals surface area contributed by atoms with Crippen LogP contribution in [0.25, 0.3) is 0 Å². The lowest BCUT2D eigenvalue weighted by Crippen LogP contribution is -2.48. The zero-order chi connectivity index (χ0) is 21.5. The number of hydrogen-bond acceptors (Lipinski definition) is 6. The van der Waals surface area contributed by atoms with Gasteiger partial charge in [-0.25, -0.2) is 9.78 Å². The lowest BCUT2D eigenvalue weighted by molar-refractivity contribution is 0.0857. The monoisotopic (exact) mass is 413 g/mol. The molecule has 1 aromatic heterocycles. The van der Waals surface area contributed by atoms with Gasteiger partial charge in [0, 0.05) is 30.6 Å². The van der Waals surface area contributed by atoms with Crippen LogP contribution in [0.1, 0.15) is 23.2 Å². The fraction of sp³-hybridized carbons (Fsp3) is 0.409. The predicted molar refractivity (Wildman–Crippen MR) is 112 cm³/mol. The molecule has 30 heavy (non-hydrogen) atoms. The molecular weight excluding hydrogens is 386 g/mol. The number of pyridine rings is 1. The molecule has 0 bridgehead atoms. The maximum Gasteiger partial charge on any atom is 0.324 e. The molecule has 8 nitrogen and oxygen atoms in total. The number of carbonyl (C=O) groups is 2. The molecule has 1 saturated heterocycles. The van der Waals surface area contributed by atoms with Crippen molar-refractivity contribution in [3.8, 4) is 11.6 Å². The van der Waals surface area contributed by atoms with E-state index in [-0.39, 0.29) is 30.9 Å². The Morgan fingerprint density at radius 2 is 1.80 bits per heavy atom. The summed E-state index contributed by atoms with van der Waals surface area (Å²) in [6.07, 6.45) is 2.75. The smallest absolute Gasteiger partial charge is 0.324 e. The predicted octanol–water partition coefficient (Wildman–Crippen LogP) is 2.61. The van der Waals surface area contributed by atoms with Crippen molar-refractivity contribution >= 4 is 17.5 Å². The molecule has 0 aliphatic carbocycles. The van der Waals surface area contributed by atoms with Crippen molar-refractivity contribution in [1.82, 2.24) is 9.88 Å². The van der Waals surface area contributed by atoms with Gasteiger partial charge in [-0.05, 0) is 43.2 Å². The van der Waals surface area contributed by atoms with Gasteiger partial charge in [0.15, 0.2) is 5.78 Å². The molecule has 1 fully saturated rings. The Bertz CT molecular complexity index is 846. The molecule has 2 heterocycles. The minimum absolute atomic E-state index is 0.0938. The highest BCUT2D eigenvalue weighted by Crippen LogP contribution is 2.25. The average molecular weight is 413 g/mol. The number of Topliss-reactive ketones (excluding diaryl/α,β-unsaturated/α-hetero) is 1. The lowest BCUT2D eigenvalue weighted by atomic mass is 9.89. The van der Waals surface area contributed by atoms with E-state index in [0.29, 0.717) is 48.8 Å². The number of ether oxygens (including phenoxy) is 2. The molecule has 0 radical (unpaired) electrons. The fourth-order valence-corrected chi connectivity index (χ4v) is 3.58. The molecule has 1 aromatic carbocycles. The first-order valence-corrected chi connectivity index (χ1v) is 9.93. The standard InChI is InChI=1S/C22H27N3O5/c1-29-19-6-3-16(4-7-19)21(27)17-9-11-24(12-10-17)22(28)25(13-14-26)18-5-8-20(30-2)23-15-18/h3-8,15,17,26H,9-14H2,1-2H3. The van der Waals surface area contributed by atoms with Gasteiger partial charge in [0.05, 0.1) is 39.3 Å². The number of hydrogen-bond donors (Lipinski definition) is 1. The number of nitrogens with zero attached hydrogens (tertiary/aromatic N) is 3. The van der Waals surface area contributed by atoms with Gasteiger partial charge in [-0.3, -0.25) is 9.69 Å². The first-order chi connectivity index (χ1) is 14.6. The number of aliphatic hydroxyl groups is 1. The Morgan fingerprint density at radius 3 is 2.33 bits per heavy atom. The molecule has 0 spiro atoms. The topological polar surface area (TPSA) is 92.2 Å². The van der Waals surface area contributed by atoms with Crippen molar-refractivity contribution in [2.24, 2.45) is 5.92 Å². The number of aliphatic hydroxyl groups excluding tert-OH is 1. The van der Waals surface area contributed by atoms with E-state index in [1.165, 1.54) is 12.0 Å². The third kappa shape index (κ3) is 4.88. The number of benzene rings is 1. The maximum absolute atomic E-state index is 13.0. The summed E-state index contributed by atoms with van der Waals surface area (Å²) < 4.78 is 10.2. The average Bonchev–Trinajstić information content (AvgIpc) is 2.82. The normalized spacial score (nSPS) is 14.3. The van der Waals surface area contributed by atoms with Crippen molar-refractivity contribution in [1.29, 1.82) is 0 Å². The van der Waals surface area contributed by atoms with Crippen molar-refractivity contribution < 1.29 is 24.2 Å². The number of amides is 2. The SMILES string of the molecule is COc1ccc(C(=O)C2CCN(C(=O)N(CCO)c3ccc(OC)nc3)CC2)cc1. The van der Waals surface area contributed by atoms with Crippen LogP contribution in [0.2, 0.25) is 0 Å². The zero-order valence-electron chi connectivity index (χ0n) is 17.3. The Kier molecular flexibility index (Phi) is 7.24. The second kappa shape index (κ2) is 10.1. The summed E-state index contributed by atoms with van der Waals surface area (Å²) in [6.45, 7) is 0.968. The molecule has 1 aliphatic rings. The summed E-state index contributed by atoms with van der Waals surface area (Å²) in [4.78, 5) is 33.2. The minimum atomic E-state index is -0.202. The van der Waals surface area contributed by atoms with E-state index in [9.17, 15) is 14.7 Å². The third-order valence-corrected chi connectivity index (χ3v) is 5.31. The van der Waals surface area contributed by atoms with Crippen molar-refractivity contribution in [3.05, 3.63) is 48.2 Å². The van der Waals surface area contributed by atoms with Gasteiger partial charge in [0.1, 0.15) is 5.75 Å². The number of likely N-dealkylation sites (tertiary alicyclic amines) is 1. The molecule has 160 valence electrons. The van der Waals surface area contributed by atoms with Crippen LogP contribution in [-0.4, -0.2) is 67.3 Å². The van der Waals surface area contributed by atoms with Gasteiger partial charge in [-0.1, -0.05) is 0 Å². The van der Waals surface area contributed by atoms with E-state index < -0.39 is 0 Å². The van der Waals surface area contributed by atoms with Crippen LogP contribution >= 0.6 is 0 Å². The molecule has 8 heteroatoms. The van der Waals surface area contributed by atoms with Crippen LogP contribution in [0.4, 0.5) is 10.5 Å². The van der Waals surface area contributed by atoms with E-state index in [1.807, 2.05) is 0 Å². The maximum atomic E-state index is 13.0. The molecule has 2 aromatic rings. The summed E-state index contributed by atoms with van der Waals surface area (Å²) in [5.74, 6) is 1.14. The number of piperidine rings is 1. The molecule has 0 atom stereocenters. The number of carbonyl (C=O) groups excluding carboxylic acids is 2. The Labute approximate surface area is 176 Å². The fourth-order valence-electron chi connectivity index (χ4n) is 3.58. The van der Waals surface area contributed by atoms with Crippen molar-refractivity contribution in [2.75, 3.05) is 45.4 Å². The van der Waals surface area contributed by atoms with Crippen LogP contribution in [0.3, 0.4) is 0 Å². The number of rotatable bonds is 7. The van der Waals surface area contributed by atoms with Crippen LogP contribution in [0.15, 0.2) is 42.6 Å². The quantitative estimate of drug-likeness (QED) is 0.702. The largest absolute Gasteiger partial charge is 0.497 e. The van der Waals surface area contributed by atoms with Crippen LogP contribution in [0, 0.1) is 5.92 Å². The van der Waals surface area contributed by atoms with Gasteiger partial charge in [-0.15, -0.1) is 0 Å². The van der Waals surface area contributed by atoms with E-state index >= 15 is 0 Å². The number of methoxy groups -OCH3 is 2. The summed E-state index contributed by atoms with van der Waals surface area (Å²) in [5, 5.41) is 9.41. The summed E-state index contributed by atoms with van der Waals surface area (Å²) in [6, 6.07) is 10.3. The van der Waals surface area contributed by atoms with E-state index in [0.717, 1.165) is 0 Å². The van der Waals surface area contributed by atoms with Gasteiger partial charge in [0.2, 0.25) is 5.88 Å².